The second kappa shape index (κ2) is 11.6. The number of fused-ring (bicyclic) bond motifs is 1. The van der Waals surface area contributed by atoms with Gasteiger partial charge in [0, 0.05) is 29.9 Å². The van der Waals surface area contributed by atoms with Crippen LogP contribution in [0.2, 0.25) is 0 Å². The van der Waals surface area contributed by atoms with Gasteiger partial charge in [-0.2, -0.15) is 10.2 Å². The first-order valence-electron chi connectivity index (χ1n) is 13.5. The topological polar surface area (TPSA) is 130 Å². The van der Waals surface area contributed by atoms with E-state index in [0.717, 1.165) is 11.3 Å². The Morgan fingerprint density at radius 3 is 2.42 bits per heavy atom. The Morgan fingerprint density at radius 1 is 1.09 bits per heavy atom. The first-order chi connectivity index (χ1) is 20.3. The Hall–Kier alpha value is -4.65. The number of rotatable bonds is 9. The number of benzene rings is 1. The predicted octanol–water partition coefficient (Wildman–Crippen LogP) is 6.31. The van der Waals surface area contributed by atoms with Crippen LogP contribution in [0.3, 0.4) is 0 Å². The molecule has 2 amide bonds. The van der Waals surface area contributed by atoms with Crippen LogP contribution < -0.4 is 15.8 Å². The van der Waals surface area contributed by atoms with Gasteiger partial charge in [0.2, 0.25) is 0 Å². The zero-order valence-corrected chi connectivity index (χ0v) is 25.1. The molecule has 5 rings (SSSR count). The minimum Gasteiger partial charge on any atom is -0.471 e. The van der Waals surface area contributed by atoms with E-state index in [9.17, 15) is 18.4 Å². The molecule has 0 radical (unpaired) electrons. The number of amides is 2. The number of hydrogen-bond donors (Lipinski definition) is 2. The fourth-order valence-electron chi connectivity index (χ4n) is 4.60. The predicted molar refractivity (Wildman–Crippen MR) is 161 cm³/mol. The molecule has 0 spiro atoms. The number of aryl methyl sites for hydroxylation is 2. The molecule has 13 heteroatoms. The minimum absolute atomic E-state index is 0.0172. The zero-order valence-electron chi connectivity index (χ0n) is 24.3. The van der Waals surface area contributed by atoms with Crippen LogP contribution in [0.25, 0.3) is 21.3 Å². The van der Waals surface area contributed by atoms with E-state index in [2.05, 4.69) is 41.3 Å². The Bertz CT molecular complexity index is 1820. The van der Waals surface area contributed by atoms with Crippen LogP contribution in [0, 0.1) is 6.92 Å². The van der Waals surface area contributed by atoms with Crippen LogP contribution in [0.5, 0.6) is 5.75 Å². The van der Waals surface area contributed by atoms with Gasteiger partial charge in [-0.05, 0) is 54.7 Å². The van der Waals surface area contributed by atoms with Crippen molar-refractivity contribution in [1.29, 1.82) is 0 Å². The SMILES string of the molecule is CCn1cc(-c2cc(C(F)F)nc3sc(C(N)=O)c(NC(=O)c4ccn(COc5ccc(C(C)(C)C)cc5)n4)c23)c(C)n1. The molecule has 0 bridgehead atoms. The normalized spacial score (nSPS) is 11.8. The third-order valence-corrected chi connectivity index (χ3v) is 7.98. The molecule has 43 heavy (non-hydrogen) atoms. The van der Waals surface area contributed by atoms with Gasteiger partial charge >= 0.3 is 0 Å². The lowest BCUT2D eigenvalue weighted by Crippen LogP contribution is -2.18. The first-order valence-corrected chi connectivity index (χ1v) is 14.3. The van der Waals surface area contributed by atoms with Crippen molar-refractivity contribution in [2.75, 3.05) is 5.32 Å². The van der Waals surface area contributed by atoms with Gasteiger partial charge in [0.05, 0.1) is 11.4 Å². The Morgan fingerprint density at radius 2 is 1.81 bits per heavy atom. The van der Waals surface area contributed by atoms with Crippen molar-refractivity contribution in [2.45, 2.75) is 59.7 Å². The summed E-state index contributed by atoms with van der Waals surface area (Å²) in [6, 6.07) is 10.5. The number of nitrogens with zero attached hydrogens (tertiary/aromatic N) is 5. The molecule has 0 atom stereocenters. The van der Waals surface area contributed by atoms with E-state index in [4.69, 9.17) is 10.5 Å². The summed E-state index contributed by atoms with van der Waals surface area (Å²) in [5.74, 6) is -0.809. The van der Waals surface area contributed by atoms with Crippen LogP contribution in [-0.2, 0) is 18.7 Å². The molecular formula is C30H31F2N7O3S. The summed E-state index contributed by atoms with van der Waals surface area (Å²) in [5.41, 5.74) is 8.02. The Labute approximate surface area is 250 Å². The van der Waals surface area contributed by atoms with E-state index in [1.165, 1.54) is 22.4 Å². The number of carbonyl (C=O) groups excluding carboxylic acids is 2. The van der Waals surface area contributed by atoms with Gasteiger partial charge in [-0.25, -0.2) is 18.4 Å². The number of nitrogens with one attached hydrogen (secondary N) is 1. The number of carbonyl (C=O) groups is 2. The number of alkyl halides is 2. The first kappa shape index (κ1) is 29.8. The van der Waals surface area contributed by atoms with Crippen LogP contribution in [-0.4, -0.2) is 36.4 Å². The highest BCUT2D eigenvalue weighted by atomic mass is 32.1. The Kier molecular flexibility index (Phi) is 8.02. The van der Waals surface area contributed by atoms with Gasteiger partial charge < -0.3 is 15.8 Å². The monoisotopic (exact) mass is 607 g/mol. The van der Waals surface area contributed by atoms with Gasteiger partial charge in [-0.1, -0.05) is 32.9 Å². The molecular weight excluding hydrogens is 576 g/mol. The minimum atomic E-state index is -2.86. The number of nitrogens with two attached hydrogens (primary N) is 1. The van der Waals surface area contributed by atoms with Crippen molar-refractivity contribution in [3.05, 3.63) is 76.3 Å². The van der Waals surface area contributed by atoms with Gasteiger partial charge in [0.1, 0.15) is 21.2 Å². The zero-order chi connectivity index (χ0) is 31.1. The maximum Gasteiger partial charge on any atom is 0.280 e. The van der Waals surface area contributed by atoms with Gasteiger partial charge in [-0.15, -0.1) is 11.3 Å². The third kappa shape index (κ3) is 6.12. The second-order valence-corrected chi connectivity index (χ2v) is 12.0. The van der Waals surface area contributed by atoms with Gasteiger partial charge in [0.15, 0.2) is 12.4 Å². The highest BCUT2D eigenvalue weighted by Crippen LogP contribution is 2.43. The van der Waals surface area contributed by atoms with E-state index < -0.39 is 23.9 Å². The fourth-order valence-corrected chi connectivity index (χ4v) is 5.62. The molecule has 4 aromatic heterocycles. The van der Waals surface area contributed by atoms with E-state index in [-0.39, 0.29) is 33.2 Å². The lowest BCUT2D eigenvalue weighted by molar-refractivity contribution is 0.100. The number of anilines is 1. The largest absolute Gasteiger partial charge is 0.471 e. The molecule has 0 aliphatic carbocycles. The van der Waals surface area contributed by atoms with E-state index >= 15 is 0 Å². The van der Waals surface area contributed by atoms with E-state index in [1.54, 1.807) is 24.0 Å². The van der Waals surface area contributed by atoms with Crippen molar-refractivity contribution < 1.29 is 23.1 Å². The van der Waals surface area contributed by atoms with Crippen LogP contribution in [0.15, 0.2) is 48.8 Å². The lowest BCUT2D eigenvalue weighted by Gasteiger charge is -2.19. The fraction of sp³-hybridized carbons (Fsp3) is 0.300. The standard InChI is InChI=1S/C30H31F2N7O3S/c1-6-38-14-20(16(2)36-38)19-13-22(26(31)32)34-29-23(19)24(25(43-29)27(33)40)35-28(41)21-11-12-39(37-21)15-42-18-9-7-17(8-10-18)30(3,4)5/h7-14,26H,6,15H2,1-5H3,(H2,33,40)(H,35,41). The number of halogens is 2. The Balaban J connectivity index is 1.45. The maximum absolute atomic E-state index is 13.8. The molecule has 0 saturated carbocycles. The molecule has 0 unspecified atom stereocenters. The van der Waals surface area contributed by atoms with E-state index in [0.29, 0.717) is 34.5 Å². The lowest BCUT2D eigenvalue weighted by atomic mass is 9.87. The summed E-state index contributed by atoms with van der Waals surface area (Å²) in [6.45, 7) is 10.7. The molecule has 0 fully saturated rings. The average molecular weight is 608 g/mol. The number of thiophene rings is 1. The third-order valence-electron chi connectivity index (χ3n) is 6.89. The molecule has 1 aromatic carbocycles. The number of primary amides is 1. The number of aromatic nitrogens is 5. The van der Waals surface area contributed by atoms with Crippen LogP contribution >= 0.6 is 11.3 Å². The molecule has 0 saturated heterocycles. The van der Waals surface area contributed by atoms with Gasteiger partial charge in [0.25, 0.3) is 18.2 Å². The molecule has 0 aliphatic rings. The average Bonchev–Trinajstić information content (AvgIpc) is 3.68. The summed E-state index contributed by atoms with van der Waals surface area (Å²) in [7, 11) is 0. The summed E-state index contributed by atoms with van der Waals surface area (Å²) in [4.78, 5) is 30.0. The summed E-state index contributed by atoms with van der Waals surface area (Å²) in [5, 5.41) is 11.8. The molecule has 5 aromatic rings. The van der Waals surface area contributed by atoms with Crippen molar-refractivity contribution in [1.82, 2.24) is 24.5 Å². The number of hydrogen-bond acceptors (Lipinski definition) is 7. The molecule has 0 aliphatic heterocycles. The second-order valence-electron chi connectivity index (χ2n) is 11.0. The van der Waals surface area contributed by atoms with Crippen molar-refractivity contribution in [2.24, 2.45) is 5.73 Å². The van der Waals surface area contributed by atoms with Crippen LogP contribution in [0.1, 0.15) is 71.2 Å². The summed E-state index contributed by atoms with van der Waals surface area (Å²) in [6.07, 6.45) is 0.457. The number of pyridine rings is 1. The summed E-state index contributed by atoms with van der Waals surface area (Å²) < 4.78 is 36.6. The van der Waals surface area contributed by atoms with Crippen molar-refractivity contribution in [3.63, 3.8) is 0 Å². The van der Waals surface area contributed by atoms with Gasteiger partial charge in [-0.3, -0.25) is 14.3 Å². The van der Waals surface area contributed by atoms with Crippen LogP contribution in [0.4, 0.5) is 14.5 Å². The molecule has 10 nitrogen and oxygen atoms in total. The smallest absolute Gasteiger partial charge is 0.280 e. The summed E-state index contributed by atoms with van der Waals surface area (Å²) >= 11 is 0.835. The van der Waals surface area contributed by atoms with Crippen molar-refractivity contribution >= 4 is 39.1 Å². The maximum atomic E-state index is 13.8. The number of ether oxygens (including phenoxy) is 1. The van der Waals surface area contributed by atoms with Crippen molar-refractivity contribution in [3.8, 4) is 16.9 Å². The molecule has 4 heterocycles. The molecule has 224 valence electrons. The van der Waals surface area contributed by atoms with E-state index in [1.807, 2.05) is 31.2 Å². The highest BCUT2D eigenvalue weighted by Gasteiger charge is 2.27. The highest BCUT2D eigenvalue weighted by molar-refractivity contribution is 7.21. The molecule has 3 N–H and O–H groups in total. The quantitative estimate of drug-likeness (QED) is 0.202.